The summed E-state index contributed by atoms with van der Waals surface area (Å²) < 4.78 is 45.1. The Kier molecular flexibility index (Phi) is 4.84. The summed E-state index contributed by atoms with van der Waals surface area (Å²) in [4.78, 5) is 11.3. The average molecular weight is 283 g/mol. The van der Waals surface area contributed by atoms with E-state index in [1.54, 1.807) is 6.92 Å². The Labute approximate surface area is 106 Å². The van der Waals surface area contributed by atoms with Crippen molar-refractivity contribution in [1.82, 2.24) is 0 Å². The smallest absolute Gasteiger partial charge is 0.490 e. The zero-order valence-corrected chi connectivity index (χ0v) is 10.1. The quantitative estimate of drug-likeness (QED) is 0.613. The lowest BCUT2D eigenvalue weighted by Crippen LogP contribution is -2.18. The first kappa shape index (κ1) is 14.6. The molecule has 0 spiro atoms. The number of hydrogen-bond acceptors (Lipinski definition) is 3. The molecule has 1 aromatic carbocycles. The van der Waals surface area contributed by atoms with Crippen molar-refractivity contribution in [2.75, 3.05) is 12.5 Å². The summed E-state index contributed by atoms with van der Waals surface area (Å²) in [5.41, 5.74) is 0.169. The number of alkyl halides is 4. The number of Topliss-reactive ketones (excluding diaryl/α,β-unsaturated/α-hetero) is 1. The maximum atomic E-state index is 12.1. The van der Waals surface area contributed by atoms with E-state index in [0.29, 0.717) is 0 Å². The van der Waals surface area contributed by atoms with E-state index in [0.717, 1.165) is 6.07 Å². The topological polar surface area (TPSA) is 35.5 Å². The van der Waals surface area contributed by atoms with Gasteiger partial charge in [0.15, 0.2) is 17.3 Å². The first-order valence-corrected chi connectivity index (χ1v) is 5.52. The van der Waals surface area contributed by atoms with E-state index in [4.69, 9.17) is 16.3 Å². The molecule has 0 N–H and O–H groups in total. The van der Waals surface area contributed by atoms with Crippen molar-refractivity contribution in [1.29, 1.82) is 0 Å². The van der Waals surface area contributed by atoms with E-state index >= 15 is 0 Å². The molecule has 0 aliphatic rings. The number of ketones is 1. The highest BCUT2D eigenvalue weighted by Gasteiger charge is 2.32. The molecule has 0 bridgehead atoms. The Balaban J connectivity index is 3.08. The van der Waals surface area contributed by atoms with Gasteiger partial charge < -0.3 is 9.47 Å². The lowest BCUT2D eigenvalue weighted by atomic mass is 10.1. The van der Waals surface area contributed by atoms with Crippen LogP contribution in [0.25, 0.3) is 0 Å². The number of ether oxygens (including phenoxy) is 2. The van der Waals surface area contributed by atoms with E-state index in [1.165, 1.54) is 12.1 Å². The van der Waals surface area contributed by atoms with E-state index in [2.05, 4.69) is 4.74 Å². The van der Waals surface area contributed by atoms with E-state index in [1.807, 2.05) is 0 Å². The summed E-state index contributed by atoms with van der Waals surface area (Å²) >= 11 is 5.36. The van der Waals surface area contributed by atoms with Crippen LogP contribution in [0.2, 0.25) is 0 Å². The first-order chi connectivity index (χ1) is 8.37. The van der Waals surface area contributed by atoms with Gasteiger partial charge in [-0.1, -0.05) is 0 Å². The zero-order chi connectivity index (χ0) is 13.8. The van der Waals surface area contributed by atoms with Crippen molar-refractivity contribution in [2.45, 2.75) is 13.3 Å². The van der Waals surface area contributed by atoms with Crippen molar-refractivity contribution in [2.24, 2.45) is 0 Å². The molecule has 0 radical (unpaired) electrons. The van der Waals surface area contributed by atoms with Gasteiger partial charge in [0.25, 0.3) is 0 Å². The molecule has 0 saturated carbocycles. The van der Waals surface area contributed by atoms with Gasteiger partial charge in [0, 0.05) is 5.56 Å². The van der Waals surface area contributed by atoms with Gasteiger partial charge >= 0.3 is 6.36 Å². The molecule has 7 heteroatoms. The van der Waals surface area contributed by atoms with Gasteiger partial charge in [-0.15, -0.1) is 24.8 Å². The second-order valence-electron chi connectivity index (χ2n) is 3.20. The van der Waals surface area contributed by atoms with E-state index in [9.17, 15) is 18.0 Å². The highest BCUT2D eigenvalue weighted by molar-refractivity contribution is 6.30. The fourth-order valence-corrected chi connectivity index (χ4v) is 1.39. The van der Waals surface area contributed by atoms with Crippen molar-refractivity contribution < 1.29 is 27.4 Å². The van der Waals surface area contributed by atoms with Crippen LogP contribution < -0.4 is 9.47 Å². The van der Waals surface area contributed by atoms with Crippen LogP contribution in [0, 0.1) is 0 Å². The molecule has 0 heterocycles. The zero-order valence-electron chi connectivity index (χ0n) is 9.38. The second-order valence-corrected chi connectivity index (χ2v) is 3.47. The number of benzene rings is 1. The molecule has 0 atom stereocenters. The third kappa shape index (κ3) is 4.10. The Bertz CT molecular complexity index is 432. The van der Waals surface area contributed by atoms with E-state index < -0.39 is 17.9 Å². The standard InChI is InChI=1S/C11H10ClF3O3/c1-2-17-10-5-7(8(16)6-12)3-4-9(10)18-11(13,14)15/h3-5H,2,6H2,1H3. The van der Waals surface area contributed by atoms with Crippen LogP contribution >= 0.6 is 11.6 Å². The summed E-state index contributed by atoms with van der Waals surface area (Å²) in [6.45, 7) is 1.75. The molecule has 1 rings (SSSR count). The SMILES string of the molecule is CCOc1cc(C(=O)CCl)ccc1OC(F)(F)F. The molecular formula is C11H10ClF3O3. The largest absolute Gasteiger partial charge is 0.573 e. The minimum absolute atomic E-state index is 0.146. The molecule has 0 unspecified atom stereocenters. The third-order valence-corrected chi connectivity index (χ3v) is 2.16. The molecule has 0 saturated heterocycles. The number of halogens is 4. The number of carbonyl (C=O) groups excluding carboxylic acids is 1. The molecular weight excluding hydrogens is 273 g/mol. The molecule has 3 nitrogen and oxygen atoms in total. The van der Waals surface area contributed by atoms with Gasteiger partial charge in [-0.25, -0.2) is 0 Å². The molecule has 0 fully saturated rings. The molecule has 100 valence electrons. The monoisotopic (exact) mass is 282 g/mol. The van der Waals surface area contributed by atoms with Crippen molar-refractivity contribution >= 4 is 17.4 Å². The lowest BCUT2D eigenvalue weighted by Gasteiger charge is -2.14. The van der Waals surface area contributed by atoms with Gasteiger partial charge in [0.2, 0.25) is 0 Å². The summed E-state index contributed by atoms with van der Waals surface area (Å²) in [7, 11) is 0. The summed E-state index contributed by atoms with van der Waals surface area (Å²) in [6, 6.07) is 3.40. The minimum atomic E-state index is -4.82. The predicted octanol–water partition coefficient (Wildman–Crippen LogP) is 3.41. The van der Waals surface area contributed by atoms with Crippen LogP contribution in [0.4, 0.5) is 13.2 Å². The van der Waals surface area contributed by atoms with Crippen LogP contribution in [0.1, 0.15) is 17.3 Å². The van der Waals surface area contributed by atoms with Gasteiger partial charge in [-0.05, 0) is 25.1 Å². The fraction of sp³-hybridized carbons (Fsp3) is 0.364. The van der Waals surface area contributed by atoms with E-state index in [-0.39, 0.29) is 23.8 Å². The Morgan fingerprint density at radius 3 is 2.50 bits per heavy atom. The van der Waals surface area contributed by atoms with Crippen LogP contribution in [-0.2, 0) is 0 Å². The van der Waals surface area contributed by atoms with Crippen molar-refractivity contribution in [3.05, 3.63) is 23.8 Å². The van der Waals surface area contributed by atoms with Crippen LogP contribution in [0.3, 0.4) is 0 Å². The summed E-state index contributed by atoms with van der Waals surface area (Å²) in [6.07, 6.45) is -4.82. The third-order valence-electron chi connectivity index (χ3n) is 1.91. The highest BCUT2D eigenvalue weighted by Crippen LogP contribution is 2.33. The lowest BCUT2D eigenvalue weighted by molar-refractivity contribution is -0.275. The Hall–Kier alpha value is -1.43. The molecule has 0 amide bonds. The minimum Gasteiger partial charge on any atom is -0.490 e. The molecule has 0 aliphatic carbocycles. The predicted molar refractivity (Wildman–Crippen MR) is 59.3 cm³/mol. The molecule has 18 heavy (non-hydrogen) atoms. The molecule has 1 aromatic rings. The number of rotatable bonds is 5. The fourth-order valence-electron chi connectivity index (χ4n) is 1.24. The first-order valence-electron chi connectivity index (χ1n) is 4.99. The van der Waals surface area contributed by atoms with Gasteiger partial charge in [-0.3, -0.25) is 4.79 Å². The Morgan fingerprint density at radius 2 is 2.00 bits per heavy atom. The number of carbonyl (C=O) groups is 1. The average Bonchev–Trinajstić information content (AvgIpc) is 2.29. The van der Waals surface area contributed by atoms with Crippen LogP contribution in [0.5, 0.6) is 11.5 Å². The van der Waals surface area contributed by atoms with Gasteiger partial charge in [0.05, 0.1) is 12.5 Å². The molecule has 0 aliphatic heterocycles. The van der Waals surface area contributed by atoms with Crippen molar-refractivity contribution in [3.63, 3.8) is 0 Å². The molecule has 0 aromatic heterocycles. The number of hydrogen-bond donors (Lipinski definition) is 0. The van der Waals surface area contributed by atoms with Crippen LogP contribution in [0.15, 0.2) is 18.2 Å². The summed E-state index contributed by atoms with van der Waals surface area (Å²) in [5.74, 6) is -1.30. The maximum Gasteiger partial charge on any atom is 0.573 e. The van der Waals surface area contributed by atoms with Gasteiger partial charge in [-0.2, -0.15) is 0 Å². The second kappa shape index (κ2) is 5.95. The maximum absolute atomic E-state index is 12.1. The highest BCUT2D eigenvalue weighted by atomic mass is 35.5. The summed E-state index contributed by atoms with van der Waals surface area (Å²) in [5, 5.41) is 0. The van der Waals surface area contributed by atoms with Gasteiger partial charge in [0.1, 0.15) is 0 Å². The van der Waals surface area contributed by atoms with Crippen LogP contribution in [-0.4, -0.2) is 24.6 Å². The normalized spacial score (nSPS) is 11.2. The Morgan fingerprint density at radius 1 is 1.33 bits per heavy atom. The van der Waals surface area contributed by atoms with Crippen molar-refractivity contribution in [3.8, 4) is 11.5 Å².